The highest BCUT2D eigenvalue weighted by Gasteiger charge is 2.44. The number of carbonyl (C=O) groups excluding carboxylic acids is 2. The number of aryl methyl sites for hydroxylation is 1. The van der Waals surface area contributed by atoms with Gasteiger partial charge in [0.2, 0.25) is 5.78 Å². The summed E-state index contributed by atoms with van der Waals surface area (Å²) in [7, 11) is 0. The van der Waals surface area contributed by atoms with Crippen molar-refractivity contribution < 1.29 is 23.8 Å². The highest BCUT2D eigenvalue weighted by molar-refractivity contribution is 6.15. The highest BCUT2D eigenvalue weighted by Crippen LogP contribution is 2.39. The third kappa shape index (κ3) is 6.58. The van der Waals surface area contributed by atoms with Crippen molar-refractivity contribution in [2.75, 3.05) is 32.8 Å². The third-order valence-electron chi connectivity index (χ3n) is 6.55. The topological polar surface area (TPSA) is 83.2 Å². The molecule has 0 aliphatic carbocycles. The van der Waals surface area contributed by atoms with E-state index in [-0.39, 0.29) is 11.3 Å². The van der Waals surface area contributed by atoms with Crippen LogP contribution in [0.1, 0.15) is 80.8 Å². The molecule has 1 aromatic carbocycles. The standard InChI is InChI=1S/C29H40N2O5/c1-5-8-17-30(18-9-6-2)19-10-20-31-26(22-12-14-23(15-13-22)35-7-3)25(28(33)29(31)34)27(32)24-16-11-21(4)36-24/h11-16,26,33H,5-10,17-20H2,1-4H3/t26-/m0/s1. The number of rotatable bonds is 15. The Morgan fingerprint density at radius 3 is 2.19 bits per heavy atom. The number of amides is 1. The van der Waals surface area contributed by atoms with E-state index in [0.29, 0.717) is 24.7 Å². The number of aliphatic hydroxyl groups excluding tert-OH is 1. The van der Waals surface area contributed by atoms with Gasteiger partial charge in [-0.3, -0.25) is 9.59 Å². The predicted octanol–water partition coefficient (Wildman–Crippen LogP) is 5.86. The van der Waals surface area contributed by atoms with Gasteiger partial charge in [-0.15, -0.1) is 0 Å². The van der Waals surface area contributed by atoms with Crippen LogP contribution in [0.5, 0.6) is 5.75 Å². The number of unbranched alkanes of at least 4 members (excludes halogenated alkanes) is 2. The number of ether oxygens (including phenoxy) is 1. The fourth-order valence-corrected chi connectivity index (χ4v) is 4.63. The first kappa shape index (κ1) is 27.5. The van der Waals surface area contributed by atoms with Crippen LogP contribution in [-0.2, 0) is 4.79 Å². The Labute approximate surface area is 214 Å². The molecule has 196 valence electrons. The van der Waals surface area contributed by atoms with Crippen LogP contribution in [0.25, 0.3) is 0 Å². The number of furan rings is 1. The van der Waals surface area contributed by atoms with Crippen LogP contribution in [-0.4, -0.2) is 59.4 Å². The molecule has 1 aromatic heterocycles. The fourth-order valence-electron chi connectivity index (χ4n) is 4.63. The average molecular weight is 497 g/mol. The monoisotopic (exact) mass is 496 g/mol. The fraction of sp³-hybridized carbons (Fsp3) is 0.517. The van der Waals surface area contributed by atoms with Crippen molar-refractivity contribution in [3.05, 3.63) is 64.8 Å². The molecule has 36 heavy (non-hydrogen) atoms. The number of nitrogens with zero attached hydrogens (tertiary/aromatic N) is 2. The number of hydrogen-bond donors (Lipinski definition) is 1. The molecule has 2 heterocycles. The molecular weight excluding hydrogens is 456 g/mol. The molecule has 0 fully saturated rings. The summed E-state index contributed by atoms with van der Waals surface area (Å²) in [5.74, 6) is -0.0671. The van der Waals surface area contributed by atoms with Gasteiger partial charge in [0.1, 0.15) is 11.5 Å². The van der Waals surface area contributed by atoms with E-state index in [1.54, 1.807) is 24.0 Å². The number of carbonyl (C=O) groups is 2. The second-order valence-corrected chi connectivity index (χ2v) is 9.31. The lowest BCUT2D eigenvalue weighted by Gasteiger charge is -2.28. The van der Waals surface area contributed by atoms with Crippen LogP contribution in [0.4, 0.5) is 0 Å². The van der Waals surface area contributed by atoms with E-state index in [2.05, 4.69) is 18.7 Å². The molecule has 3 rings (SSSR count). The van der Waals surface area contributed by atoms with Gasteiger partial charge in [0.15, 0.2) is 11.5 Å². The molecule has 1 aliphatic heterocycles. The second kappa shape index (κ2) is 13.3. The molecule has 0 spiro atoms. The summed E-state index contributed by atoms with van der Waals surface area (Å²) >= 11 is 0. The molecule has 1 aliphatic rings. The summed E-state index contributed by atoms with van der Waals surface area (Å²) in [6.07, 6.45) is 5.32. The minimum atomic E-state index is -0.689. The van der Waals surface area contributed by atoms with Gasteiger partial charge in [0.05, 0.1) is 18.2 Å². The van der Waals surface area contributed by atoms with E-state index in [1.165, 1.54) is 0 Å². The largest absolute Gasteiger partial charge is 0.503 e. The van der Waals surface area contributed by atoms with Crippen LogP contribution in [0, 0.1) is 6.92 Å². The lowest BCUT2D eigenvalue weighted by molar-refractivity contribution is -0.129. The Morgan fingerprint density at radius 1 is 1.00 bits per heavy atom. The predicted molar refractivity (Wildman–Crippen MR) is 140 cm³/mol. The van der Waals surface area contributed by atoms with E-state index in [9.17, 15) is 14.7 Å². The average Bonchev–Trinajstić information content (AvgIpc) is 3.42. The highest BCUT2D eigenvalue weighted by atomic mass is 16.5. The Kier molecular flexibility index (Phi) is 10.2. The molecule has 1 amide bonds. The number of hydrogen-bond acceptors (Lipinski definition) is 6. The van der Waals surface area contributed by atoms with E-state index >= 15 is 0 Å². The number of ketones is 1. The minimum absolute atomic E-state index is 0.0623. The van der Waals surface area contributed by atoms with Crippen LogP contribution < -0.4 is 4.74 Å². The van der Waals surface area contributed by atoms with Crippen LogP contribution in [0.3, 0.4) is 0 Å². The van der Waals surface area contributed by atoms with Gasteiger partial charge in [-0.05, 0) is 82.6 Å². The first-order valence-corrected chi connectivity index (χ1v) is 13.2. The molecule has 1 atom stereocenters. The molecule has 0 radical (unpaired) electrons. The Morgan fingerprint density at radius 2 is 1.64 bits per heavy atom. The van der Waals surface area contributed by atoms with Crippen LogP contribution in [0.2, 0.25) is 0 Å². The summed E-state index contributed by atoms with van der Waals surface area (Å²) in [6.45, 7) is 12.0. The summed E-state index contributed by atoms with van der Waals surface area (Å²) in [5.41, 5.74) is 0.809. The molecule has 0 unspecified atom stereocenters. The summed E-state index contributed by atoms with van der Waals surface area (Å²) in [5, 5.41) is 10.9. The maximum atomic E-state index is 13.4. The van der Waals surface area contributed by atoms with Crippen molar-refractivity contribution in [1.29, 1.82) is 0 Å². The molecule has 0 bridgehead atoms. The normalized spacial score (nSPS) is 15.9. The lowest BCUT2D eigenvalue weighted by atomic mass is 9.95. The maximum absolute atomic E-state index is 13.4. The molecular formula is C29H40N2O5. The van der Waals surface area contributed by atoms with Crippen molar-refractivity contribution in [1.82, 2.24) is 9.80 Å². The van der Waals surface area contributed by atoms with Crippen molar-refractivity contribution in [3.8, 4) is 5.75 Å². The zero-order valence-corrected chi connectivity index (χ0v) is 22.1. The van der Waals surface area contributed by atoms with E-state index < -0.39 is 23.5 Å². The third-order valence-corrected chi connectivity index (χ3v) is 6.55. The van der Waals surface area contributed by atoms with Crippen LogP contribution in [0.15, 0.2) is 52.1 Å². The Bertz CT molecular complexity index is 1030. The van der Waals surface area contributed by atoms with E-state index in [1.807, 2.05) is 31.2 Å². The van der Waals surface area contributed by atoms with Gasteiger partial charge in [-0.1, -0.05) is 38.8 Å². The molecule has 7 nitrogen and oxygen atoms in total. The van der Waals surface area contributed by atoms with Gasteiger partial charge in [0.25, 0.3) is 5.91 Å². The SMILES string of the molecule is CCCCN(CCCC)CCCN1C(=O)C(O)=C(C(=O)c2ccc(C)o2)[C@@H]1c1ccc(OCC)cc1. The quantitative estimate of drug-likeness (QED) is 0.311. The summed E-state index contributed by atoms with van der Waals surface area (Å²) in [6, 6.07) is 9.95. The van der Waals surface area contributed by atoms with Gasteiger partial charge in [-0.25, -0.2) is 0 Å². The number of aliphatic hydroxyl groups is 1. The van der Waals surface area contributed by atoms with E-state index in [4.69, 9.17) is 9.15 Å². The van der Waals surface area contributed by atoms with Crippen molar-refractivity contribution in [2.45, 2.75) is 65.8 Å². The molecule has 0 saturated heterocycles. The number of Topliss-reactive ketones (excluding diaryl/α,β-unsaturated/α-hetero) is 1. The van der Waals surface area contributed by atoms with Gasteiger partial charge in [0, 0.05) is 6.54 Å². The first-order valence-electron chi connectivity index (χ1n) is 13.2. The summed E-state index contributed by atoms with van der Waals surface area (Å²) < 4.78 is 11.1. The van der Waals surface area contributed by atoms with Crippen molar-refractivity contribution in [2.24, 2.45) is 0 Å². The van der Waals surface area contributed by atoms with Gasteiger partial charge >= 0.3 is 0 Å². The first-order chi connectivity index (χ1) is 17.4. The van der Waals surface area contributed by atoms with Crippen LogP contribution >= 0.6 is 0 Å². The minimum Gasteiger partial charge on any atom is -0.503 e. The number of benzene rings is 1. The van der Waals surface area contributed by atoms with Gasteiger partial charge < -0.3 is 24.1 Å². The zero-order valence-electron chi connectivity index (χ0n) is 22.1. The smallest absolute Gasteiger partial charge is 0.290 e. The maximum Gasteiger partial charge on any atom is 0.290 e. The second-order valence-electron chi connectivity index (χ2n) is 9.31. The summed E-state index contributed by atoms with van der Waals surface area (Å²) in [4.78, 5) is 30.7. The van der Waals surface area contributed by atoms with Crippen molar-refractivity contribution in [3.63, 3.8) is 0 Å². The molecule has 2 aromatic rings. The van der Waals surface area contributed by atoms with E-state index in [0.717, 1.165) is 57.3 Å². The van der Waals surface area contributed by atoms with Crippen molar-refractivity contribution >= 4 is 11.7 Å². The molecule has 1 N–H and O–H groups in total. The Balaban J connectivity index is 1.85. The Hall–Kier alpha value is -3.06. The lowest BCUT2D eigenvalue weighted by Crippen LogP contribution is -2.35. The van der Waals surface area contributed by atoms with Gasteiger partial charge in [-0.2, -0.15) is 0 Å². The molecule has 7 heteroatoms. The zero-order chi connectivity index (χ0) is 26.1. The molecule has 0 saturated carbocycles.